The predicted molar refractivity (Wildman–Crippen MR) is 346 cm³/mol. The first-order valence-corrected chi connectivity index (χ1v) is 33.4. The summed E-state index contributed by atoms with van der Waals surface area (Å²) in [4.78, 5) is 143. The van der Waals surface area contributed by atoms with Gasteiger partial charge in [0.15, 0.2) is 37.6 Å². The number of aliphatic hydroxyl groups is 3. The third-order valence-corrected chi connectivity index (χ3v) is 14.7. The van der Waals surface area contributed by atoms with Gasteiger partial charge in [0.25, 0.3) is 16.7 Å². The van der Waals surface area contributed by atoms with E-state index in [9.17, 15) is 58.5 Å². The molecule has 9 N–H and O–H groups in total. The number of carbonyl (C=O) groups excluding carboxylic acids is 3. The van der Waals surface area contributed by atoms with Crippen molar-refractivity contribution in [2.75, 3.05) is 39.6 Å². The lowest BCUT2D eigenvalue weighted by atomic mass is 10.1. The van der Waals surface area contributed by atoms with Crippen LogP contribution < -0.4 is 33.7 Å². The summed E-state index contributed by atoms with van der Waals surface area (Å²) in [5.41, 5.74) is -3.72. The Morgan fingerprint density at radius 3 is 0.871 bits per heavy atom. The Balaban J connectivity index is 0.000000205. The van der Waals surface area contributed by atoms with Crippen LogP contribution in [0, 0.1) is 0 Å². The molecule has 0 spiro atoms. The number of carbonyl (C=O) groups is 3. The Kier molecular flexibility index (Phi) is 34.5. The maximum Gasteiger partial charge on any atom is 0.466 e. The van der Waals surface area contributed by atoms with Gasteiger partial charge in [-0.3, -0.25) is 72.4 Å². The van der Waals surface area contributed by atoms with Crippen molar-refractivity contribution in [2.45, 2.75) is 171 Å². The first-order valence-electron chi connectivity index (χ1n) is 31.9. The van der Waals surface area contributed by atoms with Gasteiger partial charge < -0.3 is 86.8 Å². The van der Waals surface area contributed by atoms with E-state index < -0.39 is 152 Å². The fraction of sp³-hybridized carbons (Fsp3) is 0.524. The van der Waals surface area contributed by atoms with Crippen LogP contribution in [0.1, 0.15) is 97.2 Å². The minimum Gasteiger partial charge on any atom is -0.463 e. The highest BCUT2D eigenvalue weighted by Gasteiger charge is 2.50. The Hall–Kier alpha value is -8.47. The molecule has 554 valence electrons. The minimum atomic E-state index is -4.64. The first-order chi connectivity index (χ1) is 48.4. The molecule has 3 unspecified atom stereocenters. The van der Waals surface area contributed by atoms with Crippen LogP contribution in [0.4, 0.5) is 0 Å². The van der Waals surface area contributed by atoms with Crippen molar-refractivity contribution in [3.63, 3.8) is 0 Å². The molecular weight excluding hydrogens is 1360 g/mol. The van der Waals surface area contributed by atoms with E-state index in [1.54, 1.807) is 37.2 Å². The third kappa shape index (κ3) is 28.8. The summed E-state index contributed by atoms with van der Waals surface area (Å²) in [6.07, 6.45) is 8.40. The molecule has 0 saturated carbocycles. The average molecular weight is 1450 g/mol. The summed E-state index contributed by atoms with van der Waals surface area (Å²) in [5, 5.41) is 31.8. The molecule has 37 nitrogen and oxygen atoms in total. The fourth-order valence-electron chi connectivity index (χ4n) is 10.1. The van der Waals surface area contributed by atoms with Gasteiger partial charge in [-0.1, -0.05) is 18.2 Å². The van der Waals surface area contributed by atoms with Crippen molar-refractivity contribution in [3.05, 3.63) is 191 Å². The van der Waals surface area contributed by atoms with Gasteiger partial charge in [0, 0.05) is 115 Å². The lowest BCUT2D eigenvalue weighted by molar-refractivity contribution is -0.215. The molecule has 6 fully saturated rings. The molecule has 0 amide bonds. The van der Waals surface area contributed by atoms with E-state index in [4.69, 9.17) is 76.1 Å². The molecule has 0 aliphatic carbocycles. The van der Waals surface area contributed by atoms with Crippen molar-refractivity contribution in [3.8, 4) is 0 Å². The Bertz CT molecular complexity index is 3350. The SMILES string of the molecule is CC(=O)OC[C@H]1O[C@@H](n2ccc(=O)[nH]c2=O)[C@H](OC2CCCCO2)[C@@H]1O.CC(=O)OC[C@H]1O[C@@H](n2ccc(=O)[nH]c2=O)[C@H](OC2CCCCO2)[C@@H]1O.CC(=O)OC[C@H]1O[C@@H](n2ccc(=O)[nH]c2=O)[C@H](OC2CCCCO2)[C@@H]1O.O=P(O)(O)O.c1ccncc1.c1ccncc1.c1ccncc1. The number of nitrogens with one attached hydrogen (secondary N) is 3. The molecule has 6 aromatic heterocycles. The maximum atomic E-state index is 12.1. The number of hydrogen-bond acceptors (Lipinski definition) is 28. The van der Waals surface area contributed by atoms with E-state index >= 15 is 0 Å². The van der Waals surface area contributed by atoms with E-state index in [2.05, 4.69) is 29.9 Å². The topological polar surface area (TPSA) is 504 Å². The van der Waals surface area contributed by atoms with Crippen LogP contribution in [0.5, 0.6) is 0 Å². The molecule has 12 rings (SSSR count). The minimum absolute atomic E-state index is 0.184. The lowest BCUT2D eigenvalue weighted by Gasteiger charge is -2.29. The van der Waals surface area contributed by atoms with E-state index in [1.165, 1.54) is 57.6 Å². The van der Waals surface area contributed by atoms with Gasteiger partial charge in [-0.05, 0) is 94.2 Å². The monoisotopic (exact) mass is 1450 g/mol. The summed E-state index contributed by atoms with van der Waals surface area (Å²) in [7, 11) is -4.64. The van der Waals surface area contributed by atoms with Crippen LogP contribution >= 0.6 is 7.82 Å². The molecule has 101 heavy (non-hydrogen) atoms. The van der Waals surface area contributed by atoms with Gasteiger partial charge >= 0.3 is 42.8 Å². The Labute approximate surface area is 575 Å². The molecule has 12 heterocycles. The van der Waals surface area contributed by atoms with Gasteiger partial charge in [-0.25, -0.2) is 18.9 Å². The number of hydrogen-bond donors (Lipinski definition) is 9. The van der Waals surface area contributed by atoms with Crippen LogP contribution in [0.25, 0.3) is 0 Å². The van der Waals surface area contributed by atoms with E-state index in [0.29, 0.717) is 39.1 Å². The molecule has 0 bridgehead atoms. The lowest BCUT2D eigenvalue weighted by Crippen LogP contribution is -2.42. The standard InChI is InChI=1S/3C16H22N2O8.3C5H5N.H3O4P/c3*1-9(19)24-8-10-13(21)14(26-12-4-2-3-7-23-12)15(25-10)18-6-5-11(20)17-16(18)22;3*1-2-4-6-5-3-1;1-5(2,3)4/h3*5-6,10,12-15,21H,2-4,7-8H2,1H3,(H,17,20,22);3*1-5H;(H3,1,2,3,4)/t3*10-,12?,13-,14-,15-;;;;/m111..../s1. The Morgan fingerprint density at radius 2 is 0.693 bits per heavy atom. The predicted octanol–water partition coefficient (Wildman–Crippen LogP) is 0.126. The second kappa shape index (κ2) is 42.7. The van der Waals surface area contributed by atoms with Crippen LogP contribution in [-0.4, -0.2) is 205 Å². The summed E-state index contributed by atoms with van der Waals surface area (Å²) >= 11 is 0. The summed E-state index contributed by atoms with van der Waals surface area (Å²) in [6, 6.07) is 20.7. The molecule has 0 radical (unpaired) electrons. The van der Waals surface area contributed by atoms with Gasteiger partial charge in [-0.2, -0.15) is 0 Å². The number of aromatic amines is 3. The maximum absolute atomic E-state index is 12.1. The van der Waals surface area contributed by atoms with E-state index in [0.717, 1.165) is 52.2 Å². The van der Waals surface area contributed by atoms with E-state index in [-0.39, 0.29) is 19.8 Å². The molecular formula is C63H84N9O28P. The van der Waals surface area contributed by atoms with Gasteiger partial charge in [0.05, 0.1) is 0 Å². The van der Waals surface area contributed by atoms with Crippen molar-refractivity contribution >= 4 is 25.7 Å². The number of nitrogens with zero attached hydrogens (tertiary/aromatic N) is 6. The number of ether oxygens (including phenoxy) is 12. The normalized spacial score (nSPS) is 26.5. The second-order valence-corrected chi connectivity index (χ2v) is 23.4. The quantitative estimate of drug-likeness (QED) is 0.0375. The molecule has 0 aromatic carbocycles. The summed E-state index contributed by atoms with van der Waals surface area (Å²) < 4.78 is 78.4. The molecule has 6 aliphatic rings. The number of H-pyrrole nitrogens is 3. The van der Waals surface area contributed by atoms with Crippen LogP contribution in [-0.2, 0) is 75.8 Å². The number of rotatable bonds is 15. The zero-order valence-corrected chi connectivity index (χ0v) is 56.1. The van der Waals surface area contributed by atoms with Crippen LogP contribution in [0.15, 0.2) is 157 Å². The van der Waals surface area contributed by atoms with Crippen molar-refractivity contribution in [1.82, 2.24) is 43.6 Å². The van der Waals surface area contributed by atoms with E-state index in [1.807, 2.05) is 54.6 Å². The van der Waals surface area contributed by atoms with Crippen molar-refractivity contribution in [2.24, 2.45) is 0 Å². The summed E-state index contributed by atoms with van der Waals surface area (Å²) in [6.45, 7) is 4.83. The number of pyridine rings is 3. The number of esters is 3. The molecule has 15 atom stereocenters. The largest absolute Gasteiger partial charge is 0.466 e. The van der Waals surface area contributed by atoms with Crippen molar-refractivity contribution in [1.29, 1.82) is 0 Å². The van der Waals surface area contributed by atoms with Crippen LogP contribution in [0.3, 0.4) is 0 Å². The second-order valence-electron chi connectivity index (χ2n) is 22.4. The van der Waals surface area contributed by atoms with Gasteiger partial charge in [0.2, 0.25) is 0 Å². The van der Waals surface area contributed by atoms with Crippen LogP contribution in [0.2, 0.25) is 0 Å². The third-order valence-electron chi connectivity index (χ3n) is 14.7. The first kappa shape index (κ1) is 81.5. The van der Waals surface area contributed by atoms with Gasteiger partial charge in [-0.15, -0.1) is 0 Å². The Morgan fingerprint density at radius 1 is 0.446 bits per heavy atom. The zero-order chi connectivity index (χ0) is 73.3. The smallest absolute Gasteiger partial charge is 0.463 e. The zero-order valence-electron chi connectivity index (χ0n) is 55.2. The molecule has 6 saturated heterocycles. The highest BCUT2D eigenvalue weighted by atomic mass is 31.2. The number of aromatic nitrogens is 9. The van der Waals surface area contributed by atoms with Gasteiger partial charge in [0.1, 0.15) is 74.8 Å². The summed E-state index contributed by atoms with van der Waals surface area (Å²) in [5.74, 6) is -1.55. The molecule has 6 aliphatic heterocycles. The number of aliphatic hydroxyl groups excluding tert-OH is 3. The highest BCUT2D eigenvalue weighted by Crippen LogP contribution is 2.36. The van der Waals surface area contributed by atoms with Crippen molar-refractivity contribution < 1.29 is 106 Å². The molecule has 6 aromatic rings. The fourth-order valence-corrected chi connectivity index (χ4v) is 10.1. The highest BCUT2D eigenvalue weighted by molar-refractivity contribution is 7.45. The molecule has 38 heteroatoms. The average Bonchev–Trinajstić information content (AvgIpc) is 1.67. The number of phosphoric acid groups is 1.